The Kier molecular flexibility index (Phi) is 10.3. The van der Waals surface area contributed by atoms with Crippen LogP contribution >= 0.6 is 0 Å². The van der Waals surface area contributed by atoms with E-state index in [1.165, 1.54) is 57.8 Å². The topological polar surface area (TPSA) is 20.2 Å². The molecule has 1 nitrogen and oxygen atoms in total. The largest absolute Gasteiger partial charge is 0.388 e. The monoisotopic (exact) mass is 275 g/mol. The highest BCUT2D eigenvalue weighted by atomic mass is 16.3. The predicted molar refractivity (Wildman–Crippen MR) is 86.7 cm³/mol. The minimum absolute atomic E-state index is 0.328. The molecule has 0 heterocycles. The highest BCUT2D eigenvalue weighted by Gasteiger charge is 2.05. The molecule has 0 spiro atoms. The molecule has 0 aliphatic carbocycles. The Labute approximate surface area is 125 Å². The lowest BCUT2D eigenvalue weighted by Gasteiger charge is -2.10. The molecule has 1 radical (unpaired) electrons. The second-order valence-corrected chi connectivity index (χ2v) is 5.80. The number of benzene rings is 1. The van der Waals surface area contributed by atoms with E-state index in [1.54, 1.807) is 0 Å². The van der Waals surface area contributed by atoms with Crippen LogP contribution in [-0.4, -0.2) is 5.11 Å². The molecule has 0 aromatic heterocycles. The second kappa shape index (κ2) is 12.0. The summed E-state index contributed by atoms with van der Waals surface area (Å²) in [6, 6.07) is 10.8. The molecule has 1 aromatic carbocycles. The molecule has 1 atom stereocenters. The molecule has 1 aromatic rings. The predicted octanol–water partition coefficient (Wildman–Crippen LogP) is 5.83. The standard InChI is InChI=1S/C19H31O/c1-2-3-4-5-6-7-8-9-10-14-17-19(20)18-15-12-11-13-16-18/h11-13,15,19-20H,2-10,14,17H2,1H3. The molecule has 0 aliphatic heterocycles. The first-order chi connectivity index (χ1) is 9.84. The molecule has 1 rings (SSSR count). The Balaban J connectivity index is 1.90. The summed E-state index contributed by atoms with van der Waals surface area (Å²) in [6.45, 7) is 2.27. The minimum atomic E-state index is -0.328. The molecule has 113 valence electrons. The van der Waals surface area contributed by atoms with Gasteiger partial charge in [-0.3, -0.25) is 0 Å². The van der Waals surface area contributed by atoms with Crippen LogP contribution in [0.4, 0.5) is 0 Å². The van der Waals surface area contributed by atoms with E-state index in [0.717, 1.165) is 18.4 Å². The van der Waals surface area contributed by atoms with Gasteiger partial charge in [0, 0.05) is 0 Å². The highest BCUT2D eigenvalue weighted by molar-refractivity contribution is 5.15. The van der Waals surface area contributed by atoms with Crippen LogP contribution in [0, 0.1) is 6.07 Å². The van der Waals surface area contributed by atoms with Crippen LogP contribution < -0.4 is 0 Å². The summed E-state index contributed by atoms with van der Waals surface area (Å²) >= 11 is 0. The van der Waals surface area contributed by atoms with Gasteiger partial charge in [-0.1, -0.05) is 95.4 Å². The van der Waals surface area contributed by atoms with E-state index in [0.29, 0.717) is 0 Å². The molecule has 0 bridgehead atoms. The van der Waals surface area contributed by atoms with Gasteiger partial charge in [-0.25, -0.2) is 0 Å². The maximum atomic E-state index is 10.0. The number of hydrogen-bond acceptors (Lipinski definition) is 1. The Bertz CT molecular complexity index is 307. The van der Waals surface area contributed by atoms with E-state index in [-0.39, 0.29) is 6.10 Å². The quantitative estimate of drug-likeness (QED) is 0.476. The molecule has 20 heavy (non-hydrogen) atoms. The third-order valence-electron chi connectivity index (χ3n) is 3.92. The minimum Gasteiger partial charge on any atom is -0.388 e. The number of aliphatic hydroxyl groups excluding tert-OH is 1. The van der Waals surface area contributed by atoms with Crippen molar-refractivity contribution in [2.45, 2.75) is 83.7 Å². The van der Waals surface area contributed by atoms with Crippen molar-refractivity contribution < 1.29 is 5.11 Å². The van der Waals surface area contributed by atoms with Gasteiger partial charge in [-0.2, -0.15) is 0 Å². The Morgan fingerprint density at radius 1 is 0.900 bits per heavy atom. The van der Waals surface area contributed by atoms with Gasteiger partial charge in [0.25, 0.3) is 0 Å². The van der Waals surface area contributed by atoms with Gasteiger partial charge < -0.3 is 5.11 Å². The van der Waals surface area contributed by atoms with Crippen molar-refractivity contribution in [1.29, 1.82) is 0 Å². The lowest BCUT2D eigenvalue weighted by atomic mass is 10.0. The summed E-state index contributed by atoms with van der Waals surface area (Å²) < 4.78 is 0. The van der Waals surface area contributed by atoms with Crippen LogP contribution in [0.3, 0.4) is 0 Å². The number of hydrogen-bond donors (Lipinski definition) is 1. The fourth-order valence-corrected chi connectivity index (χ4v) is 2.60. The molecule has 1 heteroatoms. The molecule has 0 aliphatic rings. The normalized spacial score (nSPS) is 12.5. The van der Waals surface area contributed by atoms with Crippen LogP contribution in [0.1, 0.15) is 89.2 Å². The van der Waals surface area contributed by atoms with Gasteiger partial charge in [-0.15, -0.1) is 0 Å². The van der Waals surface area contributed by atoms with Crippen LogP contribution in [0.15, 0.2) is 24.3 Å². The van der Waals surface area contributed by atoms with Gasteiger partial charge in [-0.05, 0) is 18.1 Å². The zero-order valence-corrected chi connectivity index (χ0v) is 13.1. The van der Waals surface area contributed by atoms with Crippen molar-refractivity contribution in [2.24, 2.45) is 0 Å². The van der Waals surface area contributed by atoms with Crippen LogP contribution in [0.5, 0.6) is 0 Å². The van der Waals surface area contributed by atoms with Gasteiger partial charge in [0.1, 0.15) is 0 Å². The van der Waals surface area contributed by atoms with Gasteiger partial charge in [0.05, 0.1) is 6.10 Å². The Morgan fingerprint density at radius 3 is 2.05 bits per heavy atom. The molecule has 0 saturated heterocycles. The Morgan fingerprint density at radius 2 is 1.50 bits per heavy atom. The van der Waals surface area contributed by atoms with Gasteiger partial charge in [0.15, 0.2) is 0 Å². The first kappa shape index (κ1) is 17.2. The average Bonchev–Trinajstić information content (AvgIpc) is 2.50. The van der Waals surface area contributed by atoms with Gasteiger partial charge >= 0.3 is 0 Å². The van der Waals surface area contributed by atoms with Crippen molar-refractivity contribution in [2.75, 3.05) is 0 Å². The third kappa shape index (κ3) is 8.37. The number of unbranched alkanes of at least 4 members (excludes halogenated alkanes) is 9. The van der Waals surface area contributed by atoms with Crippen LogP contribution in [0.25, 0.3) is 0 Å². The molecule has 0 fully saturated rings. The molecular weight excluding hydrogens is 244 g/mol. The van der Waals surface area contributed by atoms with E-state index in [4.69, 9.17) is 0 Å². The first-order valence-electron chi connectivity index (χ1n) is 8.49. The summed E-state index contributed by atoms with van der Waals surface area (Å²) in [5.74, 6) is 0. The number of rotatable bonds is 12. The van der Waals surface area contributed by atoms with Crippen LogP contribution in [-0.2, 0) is 0 Å². The van der Waals surface area contributed by atoms with E-state index in [1.807, 2.05) is 24.3 Å². The molecule has 0 saturated carbocycles. The summed E-state index contributed by atoms with van der Waals surface area (Å²) in [6.07, 6.45) is 13.9. The summed E-state index contributed by atoms with van der Waals surface area (Å²) in [7, 11) is 0. The summed E-state index contributed by atoms with van der Waals surface area (Å²) in [5.41, 5.74) is 0.934. The SMILES string of the molecule is CCCCCCCCCCCCC(O)c1[c]cccc1. The highest BCUT2D eigenvalue weighted by Crippen LogP contribution is 2.19. The lowest BCUT2D eigenvalue weighted by Crippen LogP contribution is -1.97. The smallest absolute Gasteiger partial charge is 0.0796 e. The molecule has 1 N–H and O–H groups in total. The third-order valence-corrected chi connectivity index (χ3v) is 3.92. The summed E-state index contributed by atoms with van der Waals surface area (Å²) in [4.78, 5) is 0. The first-order valence-corrected chi connectivity index (χ1v) is 8.49. The van der Waals surface area contributed by atoms with Gasteiger partial charge in [0.2, 0.25) is 0 Å². The zero-order chi connectivity index (χ0) is 14.5. The molecular formula is C19H31O. The van der Waals surface area contributed by atoms with E-state index in [9.17, 15) is 5.11 Å². The summed E-state index contributed by atoms with van der Waals surface area (Å²) in [5, 5.41) is 10.0. The molecule has 0 amide bonds. The number of aliphatic hydroxyl groups is 1. The van der Waals surface area contributed by atoms with E-state index < -0.39 is 0 Å². The fraction of sp³-hybridized carbons (Fsp3) is 0.684. The average molecular weight is 275 g/mol. The lowest BCUT2D eigenvalue weighted by molar-refractivity contribution is 0.163. The van der Waals surface area contributed by atoms with Crippen molar-refractivity contribution >= 4 is 0 Å². The zero-order valence-electron chi connectivity index (χ0n) is 13.1. The van der Waals surface area contributed by atoms with Crippen molar-refractivity contribution in [3.05, 3.63) is 35.9 Å². The van der Waals surface area contributed by atoms with Crippen molar-refractivity contribution in [3.63, 3.8) is 0 Å². The van der Waals surface area contributed by atoms with Crippen molar-refractivity contribution in [3.8, 4) is 0 Å². The Hall–Kier alpha value is -0.820. The maximum absolute atomic E-state index is 10.0. The van der Waals surface area contributed by atoms with Crippen LogP contribution in [0.2, 0.25) is 0 Å². The van der Waals surface area contributed by atoms with E-state index in [2.05, 4.69) is 13.0 Å². The second-order valence-electron chi connectivity index (χ2n) is 5.80. The fourth-order valence-electron chi connectivity index (χ4n) is 2.60. The van der Waals surface area contributed by atoms with Crippen molar-refractivity contribution in [1.82, 2.24) is 0 Å². The van der Waals surface area contributed by atoms with E-state index >= 15 is 0 Å². The maximum Gasteiger partial charge on any atom is 0.0796 e. The molecule has 1 unspecified atom stereocenters.